The van der Waals surface area contributed by atoms with Crippen LogP contribution in [0.25, 0.3) is 0 Å². The molecule has 158 valence electrons. The summed E-state index contributed by atoms with van der Waals surface area (Å²) in [6.45, 7) is 2.13. The predicted molar refractivity (Wildman–Crippen MR) is 119 cm³/mol. The Kier molecular flexibility index (Phi) is 6.89. The van der Waals surface area contributed by atoms with Crippen LogP contribution in [0.4, 0.5) is 15.8 Å². The number of aryl methyl sites for hydroxylation is 1. The zero-order chi connectivity index (χ0) is 21.7. The first-order valence-electron chi connectivity index (χ1n) is 9.55. The molecule has 0 saturated heterocycles. The van der Waals surface area contributed by atoms with Crippen molar-refractivity contribution in [3.8, 4) is 0 Å². The molecule has 0 aliphatic heterocycles. The van der Waals surface area contributed by atoms with Crippen molar-refractivity contribution in [3.05, 3.63) is 76.2 Å². The van der Waals surface area contributed by atoms with Crippen molar-refractivity contribution in [3.63, 3.8) is 0 Å². The zero-order valence-corrected chi connectivity index (χ0v) is 18.4. The van der Waals surface area contributed by atoms with E-state index in [4.69, 9.17) is 0 Å². The predicted octanol–water partition coefficient (Wildman–Crippen LogP) is 5.31. The van der Waals surface area contributed by atoms with Gasteiger partial charge in [-0.05, 0) is 66.2 Å². The Balaban J connectivity index is 1.79. The molecule has 1 heterocycles. The molecule has 0 saturated carbocycles. The molecular weight excluding hydrogens is 423 g/mol. The fourth-order valence-electron chi connectivity index (χ4n) is 2.93. The number of rotatable bonds is 8. The van der Waals surface area contributed by atoms with Gasteiger partial charge in [-0.3, -0.25) is 9.10 Å². The lowest BCUT2D eigenvalue weighted by Crippen LogP contribution is -2.28. The first kappa shape index (κ1) is 22.0. The highest BCUT2D eigenvalue weighted by molar-refractivity contribution is 7.93. The summed E-state index contributed by atoms with van der Waals surface area (Å²) in [4.78, 5) is 12.8. The fraction of sp³-hybridized carbons (Fsp3) is 0.227. The first-order chi connectivity index (χ1) is 14.3. The molecule has 1 amide bonds. The van der Waals surface area contributed by atoms with Crippen LogP contribution < -0.4 is 9.62 Å². The smallest absolute Gasteiger partial charge is 0.267 e. The molecule has 1 aromatic heterocycles. The fourth-order valence-corrected chi connectivity index (χ4v) is 5.42. The molecule has 0 atom stereocenters. The summed E-state index contributed by atoms with van der Waals surface area (Å²) < 4.78 is 40.3. The summed E-state index contributed by atoms with van der Waals surface area (Å²) in [6.07, 6.45) is 3.19. The van der Waals surface area contributed by atoms with E-state index in [1.54, 1.807) is 5.38 Å². The lowest BCUT2D eigenvalue weighted by molar-refractivity contribution is 0.102. The minimum atomic E-state index is -3.99. The van der Waals surface area contributed by atoms with E-state index in [1.165, 1.54) is 42.9 Å². The number of amides is 1. The molecule has 8 heteroatoms. The monoisotopic (exact) mass is 446 g/mol. The number of carbonyl (C=O) groups excluding carboxylic acids is 1. The number of carbonyl (C=O) groups is 1. The van der Waals surface area contributed by atoms with E-state index in [-0.39, 0.29) is 9.77 Å². The molecule has 0 spiro atoms. The molecule has 1 N–H and O–H groups in total. The molecular formula is C22H23FN2O3S2. The quantitative estimate of drug-likeness (QED) is 0.510. The van der Waals surface area contributed by atoms with Crippen molar-refractivity contribution in [2.75, 3.05) is 16.7 Å². The lowest BCUT2D eigenvalue weighted by atomic mass is 10.1. The van der Waals surface area contributed by atoms with Gasteiger partial charge in [0.1, 0.15) is 15.6 Å². The number of nitrogens with zero attached hydrogens (tertiary/aromatic N) is 1. The Bertz CT molecular complexity index is 1110. The van der Waals surface area contributed by atoms with Gasteiger partial charge in [-0.2, -0.15) is 0 Å². The number of sulfonamides is 1. The Morgan fingerprint density at radius 2 is 1.73 bits per heavy atom. The summed E-state index contributed by atoms with van der Waals surface area (Å²) in [5, 5.41) is 4.33. The second-order valence-corrected chi connectivity index (χ2v) is 9.67. The molecule has 0 unspecified atom stereocenters. The Morgan fingerprint density at radius 1 is 1.07 bits per heavy atom. The largest absolute Gasteiger partial charge is 0.321 e. The number of nitrogens with one attached hydrogen (secondary N) is 1. The van der Waals surface area contributed by atoms with Gasteiger partial charge in [0.15, 0.2) is 0 Å². The van der Waals surface area contributed by atoms with E-state index in [0.29, 0.717) is 11.4 Å². The summed E-state index contributed by atoms with van der Waals surface area (Å²) in [6, 6.07) is 14.1. The molecule has 0 aliphatic rings. The Hall–Kier alpha value is -2.71. The van der Waals surface area contributed by atoms with E-state index in [1.807, 2.05) is 24.3 Å². The molecule has 2 aromatic carbocycles. The van der Waals surface area contributed by atoms with Crippen LogP contribution in [0.1, 0.15) is 35.0 Å². The summed E-state index contributed by atoms with van der Waals surface area (Å²) >= 11 is 1.06. The minimum absolute atomic E-state index is 0.0867. The summed E-state index contributed by atoms with van der Waals surface area (Å²) in [5.74, 6) is -0.946. The van der Waals surface area contributed by atoms with Gasteiger partial charge < -0.3 is 5.32 Å². The van der Waals surface area contributed by atoms with Gasteiger partial charge in [0.2, 0.25) is 0 Å². The van der Waals surface area contributed by atoms with Crippen molar-refractivity contribution >= 4 is 38.6 Å². The van der Waals surface area contributed by atoms with Crippen LogP contribution in [0.15, 0.2) is 64.9 Å². The van der Waals surface area contributed by atoms with E-state index < -0.39 is 21.7 Å². The van der Waals surface area contributed by atoms with E-state index in [2.05, 4.69) is 12.2 Å². The average Bonchev–Trinajstić information content (AvgIpc) is 3.24. The van der Waals surface area contributed by atoms with Crippen molar-refractivity contribution in [2.24, 2.45) is 0 Å². The molecule has 30 heavy (non-hydrogen) atoms. The van der Waals surface area contributed by atoms with E-state index in [0.717, 1.165) is 34.9 Å². The second kappa shape index (κ2) is 9.40. The van der Waals surface area contributed by atoms with Crippen molar-refractivity contribution in [2.45, 2.75) is 31.1 Å². The highest BCUT2D eigenvalue weighted by Gasteiger charge is 2.28. The van der Waals surface area contributed by atoms with Crippen LogP contribution in [-0.2, 0) is 16.4 Å². The molecule has 0 bridgehead atoms. The Morgan fingerprint density at radius 3 is 2.37 bits per heavy atom. The number of unbranched alkanes of at least 4 members (excludes halogenated alkanes) is 1. The topological polar surface area (TPSA) is 66.5 Å². The van der Waals surface area contributed by atoms with Crippen LogP contribution in [0.5, 0.6) is 0 Å². The SMILES string of the molecule is CCCCc1ccc(NC(=O)c2sccc2S(=O)(=O)N(C)c2ccc(F)cc2)cc1. The maximum absolute atomic E-state index is 13.2. The molecule has 0 radical (unpaired) electrons. The standard InChI is InChI=1S/C22H23FN2O3S2/c1-3-4-5-16-6-10-18(11-7-16)24-22(26)21-20(14-15-29-21)30(27,28)25(2)19-12-8-17(23)9-13-19/h6-15H,3-5H2,1-2H3,(H,24,26). The van der Waals surface area contributed by atoms with Crippen molar-refractivity contribution < 1.29 is 17.6 Å². The van der Waals surface area contributed by atoms with Gasteiger partial charge in [0.05, 0.1) is 5.69 Å². The average molecular weight is 447 g/mol. The molecule has 3 rings (SSSR count). The Labute approximate surface area is 180 Å². The van der Waals surface area contributed by atoms with Crippen LogP contribution in [0, 0.1) is 5.82 Å². The summed E-state index contributed by atoms with van der Waals surface area (Å²) in [5.41, 5.74) is 2.09. The van der Waals surface area contributed by atoms with Crippen molar-refractivity contribution in [1.82, 2.24) is 0 Å². The van der Waals surface area contributed by atoms with E-state index in [9.17, 15) is 17.6 Å². The van der Waals surface area contributed by atoms with Crippen LogP contribution in [-0.4, -0.2) is 21.4 Å². The zero-order valence-electron chi connectivity index (χ0n) is 16.8. The minimum Gasteiger partial charge on any atom is -0.321 e. The highest BCUT2D eigenvalue weighted by atomic mass is 32.2. The van der Waals surface area contributed by atoms with Gasteiger partial charge in [0, 0.05) is 12.7 Å². The second-order valence-electron chi connectivity index (χ2n) is 6.82. The number of thiophene rings is 1. The van der Waals surface area contributed by atoms with Gasteiger partial charge in [-0.25, -0.2) is 12.8 Å². The van der Waals surface area contributed by atoms with Gasteiger partial charge in [-0.1, -0.05) is 25.5 Å². The summed E-state index contributed by atoms with van der Waals surface area (Å²) in [7, 11) is -2.61. The van der Waals surface area contributed by atoms with Gasteiger partial charge >= 0.3 is 0 Å². The third-order valence-electron chi connectivity index (χ3n) is 4.69. The highest BCUT2D eigenvalue weighted by Crippen LogP contribution is 2.29. The molecule has 5 nitrogen and oxygen atoms in total. The first-order valence-corrected chi connectivity index (χ1v) is 11.9. The van der Waals surface area contributed by atoms with Crippen LogP contribution in [0.2, 0.25) is 0 Å². The number of halogens is 1. The maximum Gasteiger partial charge on any atom is 0.267 e. The van der Waals surface area contributed by atoms with E-state index >= 15 is 0 Å². The van der Waals surface area contributed by atoms with Crippen molar-refractivity contribution in [1.29, 1.82) is 0 Å². The molecule has 0 fully saturated rings. The normalized spacial score (nSPS) is 11.3. The lowest BCUT2D eigenvalue weighted by Gasteiger charge is -2.19. The van der Waals surface area contributed by atoms with Gasteiger partial charge in [-0.15, -0.1) is 11.3 Å². The number of hydrogen-bond acceptors (Lipinski definition) is 4. The van der Waals surface area contributed by atoms with Crippen LogP contribution >= 0.6 is 11.3 Å². The molecule has 3 aromatic rings. The third kappa shape index (κ3) is 4.88. The number of benzene rings is 2. The molecule has 0 aliphatic carbocycles. The maximum atomic E-state index is 13.2. The van der Waals surface area contributed by atoms with Crippen LogP contribution in [0.3, 0.4) is 0 Å². The number of hydrogen-bond donors (Lipinski definition) is 1. The third-order valence-corrected chi connectivity index (χ3v) is 7.57. The number of anilines is 2. The van der Waals surface area contributed by atoms with Gasteiger partial charge in [0.25, 0.3) is 15.9 Å².